The van der Waals surface area contributed by atoms with Gasteiger partial charge in [-0.05, 0) is 60.7 Å². The summed E-state index contributed by atoms with van der Waals surface area (Å²) in [5, 5.41) is 28.9. The maximum atomic E-state index is 14.0. The number of carbonyl (C=O) groups is 4. The largest absolute Gasteiger partial charge is 0.489 e. The molecule has 6 rings (SSSR count). The van der Waals surface area contributed by atoms with E-state index in [1.54, 1.807) is 54.7 Å². The topological polar surface area (TPSA) is 205 Å². The smallest absolute Gasteiger partial charge is 0.260 e. The van der Waals surface area contributed by atoms with Crippen LogP contribution in [0.25, 0.3) is 0 Å². The van der Waals surface area contributed by atoms with Gasteiger partial charge in [0.25, 0.3) is 11.8 Å². The van der Waals surface area contributed by atoms with Gasteiger partial charge in [-0.2, -0.15) is 10.5 Å². The number of hydrazine groups is 1. The molecule has 2 saturated heterocycles. The Balaban J connectivity index is 0.917. The van der Waals surface area contributed by atoms with E-state index in [-0.39, 0.29) is 43.2 Å². The summed E-state index contributed by atoms with van der Waals surface area (Å²) >= 11 is 6.25. The Kier molecular flexibility index (Phi) is 15.1. The van der Waals surface area contributed by atoms with Crippen molar-refractivity contribution in [2.24, 2.45) is 16.2 Å². The Labute approximate surface area is 386 Å². The van der Waals surface area contributed by atoms with Gasteiger partial charge in [0.05, 0.1) is 34.4 Å². The lowest BCUT2D eigenvalue weighted by Crippen LogP contribution is -2.74. The van der Waals surface area contributed by atoms with Crippen molar-refractivity contribution < 1.29 is 28.7 Å². The Morgan fingerprint density at radius 2 is 1.66 bits per heavy atom. The lowest BCUT2D eigenvalue weighted by atomic mass is 9.49. The third-order valence-corrected chi connectivity index (χ3v) is 13.0. The number of ether oxygens (including phenoxy) is 2. The number of carbonyl (C=O) groups excluding carboxylic acids is 4. The van der Waals surface area contributed by atoms with Crippen molar-refractivity contribution >= 4 is 41.0 Å². The molecule has 3 fully saturated rings. The van der Waals surface area contributed by atoms with Crippen molar-refractivity contribution in [2.75, 3.05) is 50.8 Å². The number of anilines is 1. The molecule has 346 valence electrons. The maximum absolute atomic E-state index is 14.0. The number of hydrogen-bond donors (Lipinski definition) is 4. The van der Waals surface area contributed by atoms with Crippen molar-refractivity contribution in [1.29, 1.82) is 10.5 Å². The molecule has 0 unspecified atom stereocenters. The molecule has 1 aromatic heterocycles. The average molecular weight is 910 g/mol. The summed E-state index contributed by atoms with van der Waals surface area (Å²) in [6.45, 7) is 19.6. The van der Waals surface area contributed by atoms with E-state index < -0.39 is 40.1 Å². The van der Waals surface area contributed by atoms with Gasteiger partial charge < -0.3 is 30.3 Å². The van der Waals surface area contributed by atoms with Gasteiger partial charge in [0, 0.05) is 74.4 Å². The van der Waals surface area contributed by atoms with Crippen LogP contribution in [0.3, 0.4) is 0 Å². The molecule has 3 aromatic rings. The minimum Gasteiger partial charge on any atom is -0.489 e. The van der Waals surface area contributed by atoms with E-state index in [9.17, 15) is 24.4 Å². The summed E-state index contributed by atoms with van der Waals surface area (Å²) in [5.41, 5.74) is 3.87. The van der Waals surface area contributed by atoms with Crippen molar-refractivity contribution in [1.82, 2.24) is 36.3 Å². The van der Waals surface area contributed by atoms with Crippen molar-refractivity contribution in [3.05, 3.63) is 88.1 Å². The third-order valence-electron chi connectivity index (χ3n) is 12.7. The number of amides is 4. The summed E-state index contributed by atoms with van der Waals surface area (Å²) in [7, 11) is 0. The molecule has 3 atom stereocenters. The van der Waals surface area contributed by atoms with Crippen LogP contribution in [-0.4, -0.2) is 115 Å². The average Bonchev–Trinajstić information content (AvgIpc) is 3.68. The van der Waals surface area contributed by atoms with Gasteiger partial charge >= 0.3 is 0 Å². The van der Waals surface area contributed by atoms with Crippen LogP contribution in [0, 0.1) is 38.9 Å². The molecule has 65 heavy (non-hydrogen) atoms. The number of nitriles is 2. The Hall–Kier alpha value is -5.78. The number of rotatable bonds is 15. The van der Waals surface area contributed by atoms with E-state index in [0.29, 0.717) is 47.0 Å². The van der Waals surface area contributed by atoms with Gasteiger partial charge in [0.15, 0.2) is 0 Å². The van der Waals surface area contributed by atoms with Gasteiger partial charge in [-0.3, -0.25) is 29.1 Å². The van der Waals surface area contributed by atoms with E-state index in [2.05, 4.69) is 76.0 Å². The molecule has 0 spiro atoms. The zero-order valence-corrected chi connectivity index (χ0v) is 39.3. The quantitative estimate of drug-likeness (QED) is 0.155. The van der Waals surface area contributed by atoms with Crippen LogP contribution in [-0.2, 0) is 25.7 Å². The Bertz CT molecular complexity index is 2280. The molecular formula is C48H61ClN10O6. The minimum absolute atomic E-state index is 0.138. The standard InChI is InChI=1S/C48H61ClN10O6/c1-30-23-37(42(62)53-27-32-11-9-31(25-50)10-12-32)59(56-30)43(63)40(46(2,3)4)54-39(60)29-64-22-21-57-17-19-58(20-18-57)38-16-14-34(28-52-38)41(61)55-44-47(5,6)45(48(44,7)8)65-35-15-13-33(26-51)36(49)24-35/h9-16,24,28,30,37,40,44-45,56H,17-23,27,29H2,1-8H3,(H,53,62)(H,54,60)(H,55,61)/t30-,37+,40-,44-,45-/m1/s1. The minimum atomic E-state index is -0.923. The highest BCUT2D eigenvalue weighted by Crippen LogP contribution is 2.55. The molecule has 17 heteroatoms. The summed E-state index contributed by atoms with van der Waals surface area (Å²) < 4.78 is 12.1. The third kappa shape index (κ3) is 11.4. The van der Waals surface area contributed by atoms with Crippen LogP contribution in [0.1, 0.15) is 88.9 Å². The zero-order chi connectivity index (χ0) is 47.3. The Morgan fingerprint density at radius 3 is 2.26 bits per heavy atom. The molecule has 16 nitrogen and oxygen atoms in total. The lowest BCUT2D eigenvalue weighted by molar-refractivity contribution is -0.164. The van der Waals surface area contributed by atoms with Gasteiger partial charge in [-0.1, -0.05) is 72.2 Å². The summed E-state index contributed by atoms with van der Waals surface area (Å²) in [6, 6.07) is 17.7. The van der Waals surface area contributed by atoms with Crippen LogP contribution < -0.4 is 31.0 Å². The van der Waals surface area contributed by atoms with Crippen LogP contribution in [0.15, 0.2) is 60.8 Å². The van der Waals surface area contributed by atoms with Crippen LogP contribution in [0.2, 0.25) is 5.02 Å². The van der Waals surface area contributed by atoms with E-state index in [4.69, 9.17) is 26.3 Å². The first-order valence-electron chi connectivity index (χ1n) is 22.1. The van der Waals surface area contributed by atoms with Crippen molar-refractivity contribution in [3.8, 4) is 17.9 Å². The highest BCUT2D eigenvalue weighted by molar-refractivity contribution is 6.31. The number of hydrogen-bond acceptors (Lipinski definition) is 12. The molecule has 0 bridgehead atoms. The van der Waals surface area contributed by atoms with Gasteiger partial charge in [-0.25, -0.2) is 10.4 Å². The fourth-order valence-electron chi connectivity index (χ4n) is 9.33. The molecule has 1 aliphatic carbocycles. The summed E-state index contributed by atoms with van der Waals surface area (Å²) in [4.78, 5) is 63.0. The first-order chi connectivity index (χ1) is 30.7. The number of benzene rings is 2. The molecule has 4 amide bonds. The molecule has 1 saturated carbocycles. The molecule has 3 aliphatic rings. The number of aromatic nitrogens is 1. The molecule has 2 aromatic carbocycles. The van der Waals surface area contributed by atoms with Gasteiger partial charge in [0.2, 0.25) is 11.8 Å². The maximum Gasteiger partial charge on any atom is 0.260 e. The second-order valence-electron chi connectivity index (χ2n) is 19.5. The highest BCUT2D eigenvalue weighted by atomic mass is 35.5. The number of nitrogens with one attached hydrogen (secondary N) is 4. The zero-order valence-electron chi connectivity index (χ0n) is 38.5. The predicted octanol–water partition coefficient (Wildman–Crippen LogP) is 4.57. The predicted molar refractivity (Wildman–Crippen MR) is 245 cm³/mol. The second kappa shape index (κ2) is 20.2. The van der Waals surface area contributed by atoms with E-state index >= 15 is 0 Å². The molecule has 2 aliphatic heterocycles. The van der Waals surface area contributed by atoms with Crippen LogP contribution in [0.4, 0.5) is 5.82 Å². The Morgan fingerprint density at radius 1 is 0.969 bits per heavy atom. The van der Waals surface area contributed by atoms with Crippen LogP contribution >= 0.6 is 11.6 Å². The fourth-order valence-corrected chi connectivity index (χ4v) is 9.55. The summed E-state index contributed by atoms with van der Waals surface area (Å²) in [6.07, 6.45) is 1.80. The van der Waals surface area contributed by atoms with Gasteiger partial charge in [-0.15, -0.1) is 0 Å². The first kappa shape index (κ1) is 48.7. The van der Waals surface area contributed by atoms with E-state index in [0.717, 1.165) is 37.6 Å². The highest BCUT2D eigenvalue weighted by Gasteiger charge is 2.64. The number of pyridine rings is 1. The summed E-state index contributed by atoms with van der Waals surface area (Å²) in [5.74, 6) is -0.00396. The second-order valence-corrected chi connectivity index (χ2v) is 19.9. The van der Waals surface area contributed by atoms with E-state index in [1.807, 2.05) is 33.8 Å². The first-order valence-corrected chi connectivity index (χ1v) is 22.4. The van der Waals surface area contributed by atoms with E-state index in [1.165, 1.54) is 5.01 Å². The molecule has 0 radical (unpaired) electrons. The molecule has 4 N–H and O–H groups in total. The molecular weight excluding hydrogens is 848 g/mol. The SMILES string of the molecule is C[C@@H]1C[C@@H](C(=O)NCc2ccc(C#N)cc2)N(C(=O)[C@@H](NC(=O)COCCN2CCN(c3ccc(C(=O)N[C@H]4C(C)(C)[C@H](Oc5ccc(C#N)c(Cl)c5)C4(C)C)cn3)CC2)C(C)(C)C)N1. The lowest BCUT2D eigenvalue weighted by Gasteiger charge is -2.63. The monoisotopic (exact) mass is 908 g/mol. The van der Waals surface area contributed by atoms with Crippen LogP contribution in [0.5, 0.6) is 5.75 Å². The number of piperazine rings is 1. The number of nitrogens with zero attached hydrogens (tertiary/aromatic N) is 6. The molecule has 3 heterocycles. The van der Waals surface area contributed by atoms with Crippen molar-refractivity contribution in [3.63, 3.8) is 0 Å². The van der Waals surface area contributed by atoms with Crippen molar-refractivity contribution in [2.45, 2.75) is 98.6 Å². The normalized spacial score (nSPS) is 21.8. The number of halogens is 1. The fraction of sp³-hybridized carbons (Fsp3) is 0.521. The van der Waals surface area contributed by atoms with Gasteiger partial charge in [0.1, 0.15) is 42.4 Å².